The van der Waals surface area contributed by atoms with E-state index in [4.69, 9.17) is 4.74 Å². The topological polar surface area (TPSA) is 46.5 Å². The van der Waals surface area contributed by atoms with Gasteiger partial charge in [0.1, 0.15) is 11.3 Å². The lowest BCUT2D eigenvalue weighted by molar-refractivity contribution is 0.0523. The number of phenolic OH excluding ortho intramolecular Hbond substituents is 1. The average Bonchev–Trinajstić information content (AvgIpc) is 2.15. The number of halogens is 2. The van der Waals surface area contributed by atoms with Crippen LogP contribution in [0.3, 0.4) is 0 Å². The van der Waals surface area contributed by atoms with Gasteiger partial charge in [0.2, 0.25) is 0 Å². The highest BCUT2D eigenvalue weighted by Crippen LogP contribution is 2.29. The van der Waals surface area contributed by atoms with Crippen molar-refractivity contribution in [2.75, 3.05) is 6.61 Å². The Balaban J connectivity index is 3.11. The zero-order valence-electron chi connectivity index (χ0n) is 7.38. The molecule has 1 rings (SSSR count). The van der Waals surface area contributed by atoms with Crippen LogP contribution in [0.5, 0.6) is 5.75 Å². The first-order valence-corrected chi connectivity index (χ1v) is 6.07. The fourth-order valence-electron chi connectivity index (χ4n) is 0.914. The summed E-state index contributed by atoms with van der Waals surface area (Å²) in [5.41, 5.74) is 0.219. The summed E-state index contributed by atoms with van der Waals surface area (Å²) in [4.78, 5) is 11.3. The molecule has 0 spiro atoms. The van der Waals surface area contributed by atoms with E-state index in [1.807, 2.05) is 22.6 Å². The van der Waals surface area contributed by atoms with E-state index in [9.17, 15) is 9.90 Å². The number of ether oxygens (including phenoxy) is 1. The fraction of sp³-hybridized carbons (Fsp3) is 0.222. The third-order valence-corrected chi connectivity index (χ3v) is 4.59. The van der Waals surface area contributed by atoms with Crippen molar-refractivity contribution in [3.8, 4) is 5.75 Å². The second-order valence-electron chi connectivity index (χ2n) is 2.48. The van der Waals surface area contributed by atoms with Gasteiger partial charge in [-0.25, -0.2) is 4.79 Å². The highest BCUT2D eigenvalue weighted by Gasteiger charge is 2.15. The maximum atomic E-state index is 11.3. The molecule has 0 fully saturated rings. The number of carbonyl (C=O) groups excluding carboxylic acids is 1. The standard InChI is InChI=1S/C9H8I2O3/c1-2-14-9(13)5-3-4-6(10)7(11)8(5)12/h3-4,12H,2H2,1H3. The smallest absolute Gasteiger partial charge is 0.341 e. The molecular weight excluding hydrogens is 410 g/mol. The number of hydrogen-bond acceptors (Lipinski definition) is 3. The summed E-state index contributed by atoms with van der Waals surface area (Å²) in [6, 6.07) is 3.34. The van der Waals surface area contributed by atoms with E-state index < -0.39 is 5.97 Å². The molecule has 14 heavy (non-hydrogen) atoms. The highest BCUT2D eigenvalue weighted by molar-refractivity contribution is 14.1. The number of rotatable bonds is 2. The van der Waals surface area contributed by atoms with Gasteiger partial charge < -0.3 is 9.84 Å². The Hall–Kier alpha value is -0.0500. The second-order valence-corrected chi connectivity index (χ2v) is 4.72. The molecule has 0 aliphatic carbocycles. The average molecular weight is 418 g/mol. The van der Waals surface area contributed by atoms with Gasteiger partial charge in [0.25, 0.3) is 0 Å². The molecule has 1 aromatic carbocycles. The van der Waals surface area contributed by atoms with Gasteiger partial charge in [-0.1, -0.05) is 0 Å². The second kappa shape index (κ2) is 5.15. The van der Waals surface area contributed by atoms with Crippen molar-refractivity contribution in [2.45, 2.75) is 6.92 Å². The number of benzene rings is 1. The number of hydrogen-bond donors (Lipinski definition) is 1. The van der Waals surface area contributed by atoms with Gasteiger partial charge in [-0.3, -0.25) is 0 Å². The van der Waals surface area contributed by atoms with E-state index >= 15 is 0 Å². The number of aromatic hydroxyl groups is 1. The lowest BCUT2D eigenvalue weighted by atomic mass is 10.2. The Morgan fingerprint density at radius 1 is 1.50 bits per heavy atom. The number of esters is 1. The monoisotopic (exact) mass is 418 g/mol. The van der Waals surface area contributed by atoms with Gasteiger partial charge in [-0.15, -0.1) is 0 Å². The molecule has 0 saturated heterocycles. The normalized spacial score (nSPS) is 9.93. The molecule has 0 radical (unpaired) electrons. The van der Waals surface area contributed by atoms with Crippen molar-refractivity contribution in [1.82, 2.24) is 0 Å². The molecule has 0 atom stereocenters. The van der Waals surface area contributed by atoms with Gasteiger partial charge in [0, 0.05) is 3.57 Å². The molecule has 1 N–H and O–H groups in total. The molecule has 0 bridgehead atoms. The highest BCUT2D eigenvalue weighted by atomic mass is 127. The van der Waals surface area contributed by atoms with Gasteiger partial charge in [-0.2, -0.15) is 0 Å². The Morgan fingerprint density at radius 3 is 2.71 bits per heavy atom. The van der Waals surface area contributed by atoms with Gasteiger partial charge in [-0.05, 0) is 64.2 Å². The predicted octanol–water partition coefficient (Wildman–Crippen LogP) is 2.78. The molecule has 0 aliphatic rings. The van der Waals surface area contributed by atoms with Crippen LogP contribution in [0.1, 0.15) is 17.3 Å². The summed E-state index contributed by atoms with van der Waals surface area (Å²) in [6.07, 6.45) is 0. The van der Waals surface area contributed by atoms with Crippen LogP contribution >= 0.6 is 45.2 Å². The quantitative estimate of drug-likeness (QED) is 0.594. The summed E-state index contributed by atoms with van der Waals surface area (Å²) >= 11 is 4.08. The molecule has 0 unspecified atom stereocenters. The van der Waals surface area contributed by atoms with Crippen LogP contribution in [-0.2, 0) is 4.74 Å². The zero-order chi connectivity index (χ0) is 10.7. The van der Waals surface area contributed by atoms with Crippen molar-refractivity contribution >= 4 is 51.2 Å². The summed E-state index contributed by atoms with van der Waals surface area (Å²) in [7, 11) is 0. The largest absolute Gasteiger partial charge is 0.506 e. The lowest BCUT2D eigenvalue weighted by Gasteiger charge is -2.06. The van der Waals surface area contributed by atoms with Gasteiger partial charge in [0.05, 0.1) is 10.2 Å². The molecule has 5 heteroatoms. The van der Waals surface area contributed by atoms with Crippen molar-refractivity contribution in [3.05, 3.63) is 24.8 Å². The maximum Gasteiger partial charge on any atom is 0.341 e. The molecule has 0 amide bonds. The van der Waals surface area contributed by atoms with Gasteiger partial charge in [0.15, 0.2) is 0 Å². The lowest BCUT2D eigenvalue weighted by Crippen LogP contribution is -2.05. The van der Waals surface area contributed by atoms with Gasteiger partial charge >= 0.3 is 5.97 Å². The molecular formula is C9H8I2O3. The van der Waals surface area contributed by atoms with Crippen LogP contribution in [0, 0.1) is 7.14 Å². The minimum atomic E-state index is -0.487. The SMILES string of the molecule is CCOC(=O)c1ccc(I)c(I)c1O. The van der Waals surface area contributed by atoms with Crippen LogP contribution in [0.25, 0.3) is 0 Å². The van der Waals surface area contributed by atoms with Crippen molar-refractivity contribution in [1.29, 1.82) is 0 Å². The summed E-state index contributed by atoms with van der Waals surface area (Å²) in [6.45, 7) is 2.04. The fourth-order valence-corrected chi connectivity index (χ4v) is 1.82. The van der Waals surface area contributed by atoms with Crippen LogP contribution in [-0.4, -0.2) is 17.7 Å². The molecule has 0 aromatic heterocycles. The maximum absolute atomic E-state index is 11.3. The predicted molar refractivity (Wildman–Crippen MR) is 69.5 cm³/mol. The molecule has 0 aliphatic heterocycles. The van der Waals surface area contributed by atoms with Crippen molar-refractivity contribution in [2.24, 2.45) is 0 Å². The van der Waals surface area contributed by atoms with E-state index in [1.165, 1.54) is 0 Å². The Morgan fingerprint density at radius 2 is 2.14 bits per heavy atom. The summed E-state index contributed by atoms with van der Waals surface area (Å²) in [5.74, 6) is -0.490. The minimum absolute atomic E-state index is 0.00375. The van der Waals surface area contributed by atoms with E-state index in [2.05, 4.69) is 22.6 Å². The molecule has 0 heterocycles. The van der Waals surface area contributed by atoms with Crippen LogP contribution < -0.4 is 0 Å². The van der Waals surface area contributed by atoms with Crippen LogP contribution in [0.2, 0.25) is 0 Å². The third-order valence-electron chi connectivity index (χ3n) is 1.56. The van der Waals surface area contributed by atoms with E-state index in [1.54, 1.807) is 19.1 Å². The first-order valence-electron chi connectivity index (χ1n) is 3.92. The van der Waals surface area contributed by atoms with Crippen molar-refractivity contribution in [3.63, 3.8) is 0 Å². The third kappa shape index (κ3) is 2.50. The van der Waals surface area contributed by atoms with Crippen LogP contribution in [0.15, 0.2) is 12.1 Å². The summed E-state index contributed by atoms with van der Waals surface area (Å²) in [5, 5.41) is 9.66. The first-order chi connectivity index (χ1) is 6.57. The van der Waals surface area contributed by atoms with E-state index in [-0.39, 0.29) is 11.3 Å². The van der Waals surface area contributed by atoms with E-state index in [0.29, 0.717) is 10.2 Å². The van der Waals surface area contributed by atoms with E-state index in [0.717, 1.165) is 3.57 Å². The Bertz CT molecular complexity index is 363. The molecule has 1 aromatic rings. The molecule has 76 valence electrons. The Kier molecular flexibility index (Phi) is 4.42. The molecule has 3 nitrogen and oxygen atoms in total. The summed E-state index contributed by atoms with van der Waals surface area (Å²) < 4.78 is 6.38. The number of phenols is 1. The first kappa shape index (κ1) is 12.0. The Labute approximate surface area is 109 Å². The van der Waals surface area contributed by atoms with Crippen molar-refractivity contribution < 1.29 is 14.6 Å². The van der Waals surface area contributed by atoms with Crippen LogP contribution in [0.4, 0.5) is 0 Å². The molecule has 0 saturated carbocycles. The minimum Gasteiger partial charge on any atom is -0.506 e. The zero-order valence-corrected chi connectivity index (χ0v) is 11.7. The number of carbonyl (C=O) groups is 1.